The number of rotatable bonds is 4. The van der Waals surface area contributed by atoms with Crippen LogP contribution < -0.4 is 0 Å². The minimum atomic E-state index is 0.882. The van der Waals surface area contributed by atoms with Gasteiger partial charge in [-0.3, -0.25) is 0 Å². The maximum atomic E-state index is 3.73. The minimum absolute atomic E-state index is 0.882. The molecule has 74 valence electrons. The fourth-order valence-corrected chi connectivity index (χ4v) is 2.36. The van der Waals surface area contributed by atoms with Crippen LogP contribution in [0.5, 0.6) is 0 Å². The fraction of sp³-hybridized carbons (Fsp3) is 0.167. The van der Waals surface area contributed by atoms with Crippen LogP contribution in [0.3, 0.4) is 0 Å². The summed E-state index contributed by atoms with van der Waals surface area (Å²) in [5, 5.41) is 0. The molecule has 0 spiro atoms. The molecular weight excluding hydrogens is 304 g/mol. The summed E-state index contributed by atoms with van der Waals surface area (Å²) in [6.45, 7) is 7.47. The minimum Gasteiger partial charge on any atom is -0.103 e. The van der Waals surface area contributed by atoms with E-state index < -0.39 is 0 Å². The van der Waals surface area contributed by atoms with Crippen LogP contribution in [0.2, 0.25) is 0 Å². The normalized spacial score (nSPS) is 9.86. The van der Waals surface area contributed by atoms with Crippen molar-refractivity contribution in [2.45, 2.75) is 12.8 Å². The Kier molecular flexibility index (Phi) is 4.63. The molecule has 1 aromatic carbocycles. The van der Waals surface area contributed by atoms with Crippen LogP contribution in [0, 0.1) is 0 Å². The van der Waals surface area contributed by atoms with E-state index in [2.05, 4.69) is 57.2 Å². The maximum absolute atomic E-state index is 3.73. The second-order valence-corrected chi connectivity index (χ2v) is 4.73. The molecule has 1 rings (SSSR count). The summed E-state index contributed by atoms with van der Waals surface area (Å²) < 4.78 is 2.27. The Hall–Kier alpha value is -0.340. The lowest BCUT2D eigenvalue weighted by molar-refractivity contribution is 1.19. The third-order valence-corrected chi connectivity index (χ3v) is 3.42. The van der Waals surface area contributed by atoms with Crippen molar-refractivity contribution < 1.29 is 0 Å². The highest BCUT2D eigenvalue weighted by Gasteiger charge is 2.04. The average molecular weight is 316 g/mol. The van der Waals surface area contributed by atoms with E-state index in [1.54, 1.807) is 0 Å². The third-order valence-electron chi connectivity index (χ3n) is 1.94. The molecule has 0 aliphatic carbocycles. The molecule has 1 aromatic rings. The Balaban J connectivity index is 3.09. The lowest BCUT2D eigenvalue weighted by Crippen LogP contribution is -1.89. The van der Waals surface area contributed by atoms with Gasteiger partial charge < -0.3 is 0 Å². The van der Waals surface area contributed by atoms with E-state index >= 15 is 0 Å². The van der Waals surface area contributed by atoms with Crippen molar-refractivity contribution in [2.24, 2.45) is 0 Å². The standard InChI is InChI=1S/C12H12Br2/c1-3-5-9-7-12(14)10(6-4-2)8-11(9)13/h3-4,7-8H,1-2,5-6H2. The van der Waals surface area contributed by atoms with Gasteiger partial charge in [-0.05, 0) is 36.1 Å². The van der Waals surface area contributed by atoms with E-state index in [-0.39, 0.29) is 0 Å². The van der Waals surface area contributed by atoms with E-state index in [0.29, 0.717) is 0 Å². The first-order valence-electron chi connectivity index (χ1n) is 4.37. The summed E-state index contributed by atoms with van der Waals surface area (Å²) in [4.78, 5) is 0. The molecule has 0 atom stereocenters. The molecule has 0 aliphatic rings. The molecule has 0 N–H and O–H groups in total. The van der Waals surface area contributed by atoms with Crippen molar-refractivity contribution in [3.63, 3.8) is 0 Å². The summed E-state index contributed by atoms with van der Waals surface area (Å²) in [6.07, 6.45) is 5.57. The summed E-state index contributed by atoms with van der Waals surface area (Å²) in [7, 11) is 0. The zero-order chi connectivity index (χ0) is 10.6. The SMILES string of the molecule is C=CCc1cc(Br)c(CC=C)cc1Br. The van der Waals surface area contributed by atoms with Gasteiger partial charge in [0.25, 0.3) is 0 Å². The summed E-state index contributed by atoms with van der Waals surface area (Å²) in [6, 6.07) is 4.26. The van der Waals surface area contributed by atoms with Gasteiger partial charge in [-0.25, -0.2) is 0 Å². The second-order valence-electron chi connectivity index (χ2n) is 3.02. The number of benzene rings is 1. The molecule has 0 radical (unpaired) electrons. The molecule has 0 aromatic heterocycles. The van der Waals surface area contributed by atoms with Gasteiger partial charge in [-0.2, -0.15) is 0 Å². The monoisotopic (exact) mass is 314 g/mol. The van der Waals surface area contributed by atoms with Crippen LogP contribution in [0.25, 0.3) is 0 Å². The first-order valence-corrected chi connectivity index (χ1v) is 5.96. The van der Waals surface area contributed by atoms with Crippen molar-refractivity contribution in [1.29, 1.82) is 0 Å². The molecule has 0 nitrogen and oxygen atoms in total. The zero-order valence-electron chi connectivity index (χ0n) is 7.89. The molecule has 0 saturated heterocycles. The zero-order valence-corrected chi connectivity index (χ0v) is 11.1. The van der Waals surface area contributed by atoms with Gasteiger partial charge in [0, 0.05) is 8.95 Å². The second kappa shape index (κ2) is 5.52. The van der Waals surface area contributed by atoms with Gasteiger partial charge in [0.05, 0.1) is 0 Å². The molecule has 0 amide bonds. The van der Waals surface area contributed by atoms with Gasteiger partial charge in [0.2, 0.25) is 0 Å². The molecular formula is C12H12Br2. The molecule has 0 unspecified atom stereocenters. The molecule has 14 heavy (non-hydrogen) atoms. The van der Waals surface area contributed by atoms with Gasteiger partial charge in [0.15, 0.2) is 0 Å². The van der Waals surface area contributed by atoms with E-state index in [0.717, 1.165) is 21.8 Å². The van der Waals surface area contributed by atoms with Crippen molar-refractivity contribution >= 4 is 31.9 Å². The van der Waals surface area contributed by atoms with Crippen molar-refractivity contribution in [2.75, 3.05) is 0 Å². The number of halogens is 2. The van der Waals surface area contributed by atoms with Crippen LogP contribution in [-0.2, 0) is 12.8 Å². The van der Waals surface area contributed by atoms with Crippen molar-refractivity contribution in [3.05, 3.63) is 57.5 Å². The Bertz CT molecular complexity index is 318. The Labute approximate surface area is 102 Å². The Morgan fingerprint density at radius 3 is 1.57 bits per heavy atom. The largest absolute Gasteiger partial charge is 0.103 e. The number of allylic oxidation sites excluding steroid dienone is 2. The van der Waals surface area contributed by atoms with E-state index in [1.165, 1.54) is 11.1 Å². The van der Waals surface area contributed by atoms with Gasteiger partial charge in [-0.15, -0.1) is 13.2 Å². The molecule has 2 heteroatoms. The van der Waals surface area contributed by atoms with Crippen molar-refractivity contribution in [3.8, 4) is 0 Å². The molecule has 0 bridgehead atoms. The van der Waals surface area contributed by atoms with Crippen LogP contribution >= 0.6 is 31.9 Å². The molecule has 0 aliphatic heterocycles. The average Bonchev–Trinajstić information content (AvgIpc) is 2.14. The highest BCUT2D eigenvalue weighted by Crippen LogP contribution is 2.27. The van der Waals surface area contributed by atoms with E-state index in [1.807, 2.05) is 12.2 Å². The quantitative estimate of drug-likeness (QED) is 0.708. The summed E-state index contributed by atoms with van der Waals surface area (Å²) in [5.74, 6) is 0. The highest BCUT2D eigenvalue weighted by molar-refractivity contribution is 9.11. The molecule has 0 fully saturated rings. The third kappa shape index (κ3) is 2.82. The number of hydrogen-bond donors (Lipinski definition) is 0. The Morgan fingerprint density at radius 1 is 0.929 bits per heavy atom. The fourth-order valence-electron chi connectivity index (χ4n) is 1.25. The number of hydrogen-bond acceptors (Lipinski definition) is 0. The Morgan fingerprint density at radius 2 is 1.29 bits per heavy atom. The molecule has 0 heterocycles. The molecule has 0 saturated carbocycles. The summed E-state index contributed by atoms with van der Waals surface area (Å²) in [5.41, 5.74) is 2.50. The lowest BCUT2D eigenvalue weighted by Gasteiger charge is -2.07. The summed E-state index contributed by atoms with van der Waals surface area (Å²) >= 11 is 7.10. The van der Waals surface area contributed by atoms with Gasteiger partial charge in [-0.1, -0.05) is 44.0 Å². The van der Waals surface area contributed by atoms with Crippen molar-refractivity contribution in [1.82, 2.24) is 0 Å². The first kappa shape index (κ1) is 11.7. The first-order chi connectivity index (χ1) is 6.69. The van der Waals surface area contributed by atoms with Crippen LogP contribution in [0.15, 0.2) is 46.4 Å². The van der Waals surface area contributed by atoms with Gasteiger partial charge >= 0.3 is 0 Å². The van der Waals surface area contributed by atoms with E-state index in [9.17, 15) is 0 Å². The predicted octanol–water partition coefficient (Wildman–Crippen LogP) is 4.67. The van der Waals surface area contributed by atoms with Gasteiger partial charge in [0.1, 0.15) is 0 Å². The smallest absolute Gasteiger partial charge is 0.0214 e. The highest BCUT2D eigenvalue weighted by atomic mass is 79.9. The topological polar surface area (TPSA) is 0 Å². The lowest BCUT2D eigenvalue weighted by atomic mass is 10.1. The van der Waals surface area contributed by atoms with E-state index in [4.69, 9.17) is 0 Å². The van der Waals surface area contributed by atoms with Crippen LogP contribution in [-0.4, -0.2) is 0 Å². The van der Waals surface area contributed by atoms with Crippen LogP contribution in [0.4, 0.5) is 0 Å². The van der Waals surface area contributed by atoms with Crippen LogP contribution in [0.1, 0.15) is 11.1 Å². The maximum Gasteiger partial charge on any atom is 0.0214 e. The predicted molar refractivity (Wildman–Crippen MR) is 69.6 cm³/mol.